The molecule has 0 radical (unpaired) electrons. The summed E-state index contributed by atoms with van der Waals surface area (Å²) in [6.45, 7) is 7.61. The summed E-state index contributed by atoms with van der Waals surface area (Å²) >= 11 is 0. The van der Waals surface area contributed by atoms with Crippen LogP contribution < -0.4 is 16.0 Å². The van der Waals surface area contributed by atoms with Gasteiger partial charge in [-0.05, 0) is 69.4 Å². The summed E-state index contributed by atoms with van der Waals surface area (Å²) in [4.78, 5) is 11.6. The maximum Gasteiger partial charge on any atom is 0.365 e. The number of hydrogen-bond donors (Lipinski definition) is 2. The minimum atomic E-state index is -0.432. The van der Waals surface area contributed by atoms with Gasteiger partial charge < -0.3 is 25.8 Å². The Morgan fingerprint density at radius 1 is 1.18 bits per heavy atom. The molecular formula is C26H40N5O2+. The fourth-order valence-electron chi connectivity index (χ4n) is 5.23. The van der Waals surface area contributed by atoms with Crippen LogP contribution in [0.2, 0.25) is 0 Å². The number of ether oxygens (including phenoxy) is 1. The first-order chi connectivity index (χ1) is 15.9. The number of fused-ring (bicyclic) bond motifs is 1. The molecule has 0 spiro atoms. The first kappa shape index (κ1) is 23.9. The predicted molar refractivity (Wildman–Crippen MR) is 136 cm³/mol. The van der Waals surface area contributed by atoms with E-state index in [0.717, 1.165) is 41.8 Å². The lowest BCUT2D eigenvalue weighted by atomic mass is 9.92. The fourth-order valence-corrected chi connectivity index (χ4v) is 5.23. The highest BCUT2D eigenvalue weighted by Crippen LogP contribution is 2.29. The number of pyridine rings is 1. The molecule has 33 heavy (non-hydrogen) atoms. The number of nitrogens with zero attached hydrogens (tertiary/aromatic N) is 3. The Kier molecular flexibility index (Phi) is 7.51. The van der Waals surface area contributed by atoms with Crippen LogP contribution in [-0.4, -0.2) is 60.5 Å². The smallest absolute Gasteiger partial charge is 0.365 e. The van der Waals surface area contributed by atoms with E-state index in [2.05, 4.69) is 41.2 Å². The van der Waals surface area contributed by atoms with Crippen molar-refractivity contribution in [2.45, 2.75) is 83.6 Å². The van der Waals surface area contributed by atoms with Gasteiger partial charge in [0.15, 0.2) is 0 Å². The van der Waals surface area contributed by atoms with E-state index >= 15 is 0 Å². The summed E-state index contributed by atoms with van der Waals surface area (Å²) < 4.78 is 5.96. The Morgan fingerprint density at radius 2 is 1.91 bits per heavy atom. The van der Waals surface area contributed by atoms with Crippen molar-refractivity contribution in [3.05, 3.63) is 34.9 Å². The Hall–Kier alpha value is -2.22. The lowest BCUT2D eigenvalue weighted by molar-refractivity contribution is 0.0534. The molecule has 1 aromatic heterocycles. The van der Waals surface area contributed by atoms with Crippen molar-refractivity contribution in [2.75, 3.05) is 25.1 Å². The van der Waals surface area contributed by atoms with Gasteiger partial charge in [-0.2, -0.15) is 4.99 Å². The molecule has 5 N–H and O–H groups in total. The third-order valence-corrected chi connectivity index (χ3v) is 7.21. The zero-order chi connectivity index (χ0) is 23.5. The van der Waals surface area contributed by atoms with Gasteiger partial charge in [0.25, 0.3) is 0 Å². The van der Waals surface area contributed by atoms with Gasteiger partial charge in [0, 0.05) is 37.7 Å². The lowest BCUT2D eigenvalue weighted by Gasteiger charge is -2.41. The molecule has 0 bridgehead atoms. The van der Waals surface area contributed by atoms with Gasteiger partial charge in [0.1, 0.15) is 17.5 Å². The molecule has 1 aliphatic carbocycles. The molecule has 3 atom stereocenters. The fraction of sp³-hybridized carbons (Fsp3) is 0.615. The van der Waals surface area contributed by atoms with Gasteiger partial charge >= 0.3 is 5.90 Å². The van der Waals surface area contributed by atoms with Gasteiger partial charge in [-0.25, -0.2) is 4.98 Å². The summed E-state index contributed by atoms with van der Waals surface area (Å²) in [7, 11) is 1.80. The normalized spacial score (nSPS) is 23.8. The molecule has 180 valence electrons. The molecule has 0 amide bonds. The van der Waals surface area contributed by atoms with Crippen LogP contribution in [0.15, 0.2) is 23.2 Å². The second-order valence-electron chi connectivity index (χ2n) is 9.82. The molecule has 1 aromatic carbocycles. The van der Waals surface area contributed by atoms with Crippen LogP contribution in [0.3, 0.4) is 0 Å². The number of aliphatic imine (C=N–C) groups is 1. The topological polar surface area (TPSA) is 98.7 Å². The van der Waals surface area contributed by atoms with E-state index < -0.39 is 6.17 Å². The van der Waals surface area contributed by atoms with Gasteiger partial charge in [-0.3, -0.25) is 0 Å². The number of rotatable bonds is 6. The number of piperidine rings is 1. The average molecular weight is 455 g/mol. The average Bonchev–Trinajstić information content (AvgIpc) is 2.79. The van der Waals surface area contributed by atoms with Crippen molar-refractivity contribution < 1.29 is 9.84 Å². The van der Waals surface area contributed by atoms with E-state index in [0.29, 0.717) is 12.1 Å². The molecule has 7 nitrogen and oxygen atoms in total. The van der Waals surface area contributed by atoms with Crippen molar-refractivity contribution in [3.63, 3.8) is 0 Å². The van der Waals surface area contributed by atoms with Crippen LogP contribution in [0.4, 0.5) is 5.82 Å². The van der Waals surface area contributed by atoms with E-state index in [1.54, 1.807) is 14.0 Å². The minimum absolute atomic E-state index is 0.0744. The number of nitrogens with two attached hydrogens (primary N) is 1. The first-order valence-corrected chi connectivity index (χ1v) is 12.4. The monoisotopic (exact) mass is 454 g/mol. The highest BCUT2D eigenvalue weighted by molar-refractivity contribution is 6.01. The summed E-state index contributed by atoms with van der Waals surface area (Å²) in [6.07, 6.45) is 7.16. The number of anilines is 1. The summed E-state index contributed by atoms with van der Waals surface area (Å²) in [5.41, 5.74) is 10.0. The van der Waals surface area contributed by atoms with Crippen molar-refractivity contribution in [1.29, 1.82) is 0 Å². The van der Waals surface area contributed by atoms with E-state index in [4.69, 9.17) is 20.6 Å². The predicted octanol–water partition coefficient (Wildman–Crippen LogP) is 3.14. The van der Waals surface area contributed by atoms with E-state index in [-0.39, 0.29) is 12.0 Å². The van der Waals surface area contributed by atoms with Crippen molar-refractivity contribution in [3.8, 4) is 0 Å². The van der Waals surface area contributed by atoms with Crippen LogP contribution in [0, 0.1) is 13.8 Å². The standard InChI is InChI=1S/C26H39N5O2/c1-16-12-19-14-21(26(32)28-18(3)27)25(30-23(19)13-17(16)2)31-11-10-22(24(15-31)33-4)29-20-8-6-5-7-9-20/h12-14,18,20,22,24,29H,5-11,15,27H2,1-4H3,(H,28,32)/p+1. The number of aromatic nitrogens is 1. The molecule has 4 rings (SSSR count). The Bertz CT molecular complexity index is 1000. The van der Waals surface area contributed by atoms with Crippen LogP contribution in [0.25, 0.3) is 10.9 Å². The van der Waals surface area contributed by atoms with Crippen molar-refractivity contribution in [1.82, 2.24) is 10.3 Å². The first-order valence-electron chi connectivity index (χ1n) is 12.4. The van der Waals surface area contributed by atoms with Crippen LogP contribution in [-0.2, 0) is 4.74 Å². The molecule has 1 aliphatic heterocycles. The second kappa shape index (κ2) is 10.4. The summed E-state index contributed by atoms with van der Waals surface area (Å²) in [5.74, 6) is 0.988. The van der Waals surface area contributed by atoms with Crippen molar-refractivity contribution in [2.24, 2.45) is 10.7 Å². The van der Waals surface area contributed by atoms with Gasteiger partial charge in [-0.1, -0.05) is 19.3 Å². The lowest BCUT2D eigenvalue weighted by Crippen LogP contribution is -2.56. The number of hydrogen-bond acceptors (Lipinski definition) is 6. The van der Waals surface area contributed by atoms with E-state index in [1.807, 2.05) is 6.07 Å². The Labute approximate surface area is 197 Å². The maximum atomic E-state index is 8.64. The molecule has 1 saturated carbocycles. The largest absolute Gasteiger partial charge is 0.578 e. The molecule has 1 saturated heterocycles. The molecule has 3 unspecified atom stereocenters. The van der Waals surface area contributed by atoms with Gasteiger partial charge in [-0.15, -0.1) is 0 Å². The Balaban J connectivity index is 1.65. The third-order valence-electron chi connectivity index (χ3n) is 7.21. The molecule has 2 aromatic rings. The van der Waals surface area contributed by atoms with E-state index in [1.165, 1.54) is 43.2 Å². The molecule has 2 heterocycles. The summed E-state index contributed by atoms with van der Waals surface area (Å²) in [6, 6.07) is 7.27. The SMILES string of the molecule is COC1CN(c2nc3cc(C)c(C)cc3cc2/C([OH2+])=N/C(C)N)CCC1NC1CCCCC1. The molecule has 2 fully saturated rings. The van der Waals surface area contributed by atoms with Crippen molar-refractivity contribution >= 4 is 22.6 Å². The number of benzene rings is 1. The van der Waals surface area contributed by atoms with Crippen LogP contribution in [0.1, 0.15) is 62.1 Å². The van der Waals surface area contributed by atoms with Gasteiger partial charge in [0.2, 0.25) is 0 Å². The zero-order valence-electron chi connectivity index (χ0n) is 20.5. The van der Waals surface area contributed by atoms with Crippen LogP contribution in [0.5, 0.6) is 0 Å². The quantitative estimate of drug-likeness (QED) is 0.397. The molecular weight excluding hydrogens is 414 g/mol. The Morgan fingerprint density at radius 3 is 2.61 bits per heavy atom. The number of nitrogens with one attached hydrogen (secondary N) is 1. The number of methoxy groups -OCH3 is 1. The second-order valence-corrected chi connectivity index (χ2v) is 9.82. The molecule has 7 heteroatoms. The third kappa shape index (κ3) is 5.48. The summed E-state index contributed by atoms with van der Waals surface area (Å²) in [5, 5.41) is 13.6. The van der Waals surface area contributed by atoms with Crippen LogP contribution >= 0.6 is 0 Å². The van der Waals surface area contributed by atoms with E-state index in [9.17, 15) is 0 Å². The minimum Gasteiger partial charge on any atom is -0.578 e. The highest BCUT2D eigenvalue weighted by atomic mass is 16.5. The zero-order valence-corrected chi connectivity index (χ0v) is 20.5. The number of aryl methyl sites for hydroxylation is 2. The molecule has 2 aliphatic rings. The highest BCUT2D eigenvalue weighted by Gasteiger charge is 2.33. The maximum absolute atomic E-state index is 8.64. The van der Waals surface area contributed by atoms with Gasteiger partial charge in [0.05, 0.1) is 11.6 Å².